The van der Waals surface area contributed by atoms with Crippen LogP contribution in [0.4, 0.5) is 10.7 Å². The van der Waals surface area contributed by atoms with E-state index in [0.717, 1.165) is 42.0 Å². The normalized spacial score (nSPS) is 18.7. The molecule has 3 aromatic rings. The standard InChI is InChI=1S/C23H29N7O3/c1-27(18-6-2-4-16-5-3-8-24-21(16)18)14-17-19(15-31)30-20(26-17)7-9-25-22(30)28-10-12-29(13-11-28)23(32)33/h3,5,7-9,18,31H,2,4,6,10-15H2,1H3,(H,32,33). The number of aliphatic hydroxyl groups is 1. The third-order valence-electron chi connectivity index (χ3n) is 6.77. The number of carbonyl (C=O) groups is 1. The van der Waals surface area contributed by atoms with Gasteiger partial charge in [0.1, 0.15) is 5.65 Å². The summed E-state index contributed by atoms with van der Waals surface area (Å²) in [5.74, 6) is 0.688. The monoisotopic (exact) mass is 451 g/mol. The second-order valence-corrected chi connectivity index (χ2v) is 8.73. The van der Waals surface area contributed by atoms with Gasteiger partial charge in [-0.3, -0.25) is 14.3 Å². The summed E-state index contributed by atoms with van der Waals surface area (Å²) in [4.78, 5) is 31.1. The molecule has 10 nitrogen and oxygen atoms in total. The molecule has 1 unspecified atom stereocenters. The summed E-state index contributed by atoms with van der Waals surface area (Å²) in [6, 6.07) is 6.22. The van der Waals surface area contributed by atoms with Gasteiger partial charge in [-0.1, -0.05) is 6.07 Å². The predicted molar refractivity (Wildman–Crippen MR) is 122 cm³/mol. The number of nitrogens with zero attached hydrogens (tertiary/aromatic N) is 7. The van der Waals surface area contributed by atoms with Gasteiger partial charge in [0.2, 0.25) is 5.95 Å². The zero-order valence-corrected chi connectivity index (χ0v) is 18.8. The van der Waals surface area contributed by atoms with Crippen LogP contribution in [0.5, 0.6) is 0 Å². The van der Waals surface area contributed by atoms with E-state index in [-0.39, 0.29) is 12.6 Å². The van der Waals surface area contributed by atoms with Crippen LogP contribution in [0.15, 0.2) is 30.6 Å². The van der Waals surface area contributed by atoms with Gasteiger partial charge in [-0.25, -0.2) is 14.8 Å². The number of aromatic nitrogens is 4. The van der Waals surface area contributed by atoms with Crippen molar-refractivity contribution in [2.24, 2.45) is 0 Å². The first-order valence-electron chi connectivity index (χ1n) is 11.4. The van der Waals surface area contributed by atoms with E-state index < -0.39 is 6.09 Å². The summed E-state index contributed by atoms with van der Waals surface area (Å²) in [7, 11) is 2.09. The zero-order valence-electron chi connectivity index (χ0n) is 18.8. The van der Waals surface area contributed by atoms with Crippen LogP contribution >= 0.6 is 0 Å². The van der Waals surface area contributed by atoms with Crippen LogP contribution in [0.3, 0.4) is 0 Å². The molecule has 3 aromatic heterocycles. The van der Waals surface area contributed by atoms with Gasteiger partial charge >= 0.3 is 6.09 Å². The highest BCUT2D eigenvalue weighted by molar-refractivity contribution is 5.65. The number of aryl methyl sites for hydroxylation is 1. The van der Waals surface area contributed by atoms with Crippen LogP contribution in [0.25, 0.3) is 5.65 Å². The fourth-order valence-electron chi connectivity index (χ4n) is 5.05. The van der Waals surface area contributed by atoms with Crippen LogP contribution in [0.1, 0.15) is 41.5 Å². The summed E-state index contributed by atoms with van der Waals surface area (Å²) < 4.78 is 1.91. The minimum atomic E-state index is -0.899. The molecule has 2 aliphatic rings. The van der Waals surface area contributed by atoms with Crippen molar-refractivity contribution in [2.75, 3.05) is 38.1 Å². The molecule has 0 spiro atoms. The van der Waals surface area contributed by atoms with Crippen LogP contribution < -0.4 is 4.90 Å². The Balaban J connectivity index is 1.43. The zero-order chi connectivity index (χ0) is 22.9. The molecule has 0 aromatic carbocycles. The number of amides is 1. The average Bonchev–Trinajstić information content (AvgIpc) is 3.20. The van der Waals surface area contributed by atoms with Crippen LogP contribution in [0.2, 0.25) is 0 Å². The number of hydrogen-bond acceptors (Lipinski definition) is 7. The van der Waals surface area contributed by atoms with Crippen molar-refractivity contribution >= 4 is 17.7 Å². The van der Waals surface area contributed by atoms with E-state index in [1.165, 1.54) is 10.5 Å². The van der Waals surface area contributed by atoms with E-state index in [9.17, 15) is 15.0 Å². The Morgan fingerprint density at radius 1 is 1.18 bits per heavy atom. The molecule has 1 aliphatic carbocycles. The Morgan fingerprint density at radius 3 is 2.76 bits per heavy atom. The molecule has 10 heteroatoms. The molecule has 5 rings (SSSR count). The molecule has 4 heterocycles. The highest BCUT2D eigenvalue weighted by Gasteiger charge is 2.28. The first kappa shape index (κ1) is 21.6. The molecule has 0 bridgehead atoms. The van der Waals surface area contributed by atoms with E-state index >= 15 is 0 Å². The molecule has 1 fully saturated rings. The lowest BCUT2D eigenvalue weighted by Crippen LogP contribution is -2.49. The maximum Gasteiger partial charge on any atom is 0.407 e. The van der Waals surface area contributed by atoms with Gasteiger partial charge in [-0.05, 0) is 44.0 Å². The van der Waals surface area contributed by atoms with E-state index in [1.54, 1.807) is 6.20 Å². The Labute approximate surface area is 192 Å². The lowest BCUT2D eigenvalue weighted by atomic mass is 9.91. The lowest BCUT2D eigenvalue weighted by Gasteiger charge is -2.34. The Kier molecular flexibility index (Phi) is 5.86. The average molecular weight is 452 g/mol. The minimum absolute atomic E-state index is 0.155. The van der Waals surface area contributed by atoms with Crippen molar-refractivity contribution in [1.82, 2.24) is 29.2 Å². The largest absolute Gasteiger partial charge is 0.465 e. The predicted octanol–water partition coefficient (Wildman–Crippen LogP) is 1.93. The van der Waals surface area contributed by atoms with E-state index in [2.05, 4.69) is 32.9 Å². The topological polar surface area (TPSA) is 110 Å². The van der Waals surface area contributed by atoms with Gasteiger partial charge in [0, 0.05) is 45.1 Å². The van der Waals surface area contributed by atoms with E-state index in [4.69, 9.17) is 4.98 Å². The Bertz CT molecular complexity index is 1160. The van der Waals surface area contributed by atoms with Crippen molar-refractivity contribution in [3.63, 3.8) is 0 Å². The number of carboxylic acid groups (broad SMARTS) is 1. The second-order valence-electron chi connectivity index (χ2n) is 8.73. The number of rotatable bonds is 5. The number of hydrogen-bond donors (Lipinski definition) is 2. The highest BCUT2D eigenvalue weighted by Crippen LogP contribution is 2.33. The Morgan fingerprint density at radius 2 is 2.00 bits per heavy atom. The molecule has 0 radical (unpaired) electrons. The Hall–Kier alpha value is -3.24. The molecular weight excluding hydrogens is 422 g/mol. The summed E-state index contributed by atoms with van der Waals surface area (Å²) in [5.41, 5.74) is 4.72. The number of fused-ring (bicyclic) bond motifs is 2. The summed E-state index contributed by atoms with van der Waals surface area (Å²) in [6.45, 7) is 2.35. The van der Waals surface area contributed by atoms with Crippen molar-refractivity contribution in [3.05, 3.63) is 53.2 Å². The van der Waals surface area contributed by atoms with Gasteiger partial charge in [0.05, 0.1) is 29.7 Å². The molecule has 33 heavy (non-hydrogen) atoms. The van der Waals surface area contributed by atoms with Gasteiger partial charge in [0.15, 0.2) is 0 Å². The molecule has 1 saturated heterocycles. The molecule has 2 N–H and O–H groups in total. The van der Waals surface area contributed by atoms with E-state index in [0.29, 0.717) is 38.7 Å². The molecule has 1 aliphatic heterocycles. The SMILES string of the molecule is CN(Cc1nc2ccnc(N3CCN(C(=O)O)CC3)n2c1CO)C1CCCc2cccnc21. The van der Waals surface area contributed by atoms with E-state index in [1.807, 2.05) is 22.7 Å². The van der Waals surface area contributed by atoms with Crippen LogP contribution in [-0.4, -0.2) is 78.7 Å². The summed E-state index contributed by atoms with van der Waals surface area (Å²) in [6.07, 6.45) is 5.91. The molecule has 1 amide bonds. The van der Waals surface area contributed by atoms with Crippen molar-refractivity contribution in [1.29, 1.82) is 0 Å². The second kappa shape index (κ2) is 8.95. The fraction of sp³-hybridized carbons (Fsp3) is 0.478. The summed E-state index contributed by atoms with van der Waals surface area (Å²) >= 11 is 0. The highest BCUT2D eigenvalue weighted by atomic mass is 16.4. The molecule has 1 atom stereocenters. The van der Waals surface area contributed by atoms with Crippen molar-refractivity contribution in [2.45, 2.75) is 38.5 Å². The number of imidazole rings is 1. The van der Waals surface area contributed by atoms with Crippen molar-refractivity contribution < 1.29 is 15.0 Å². The maximum atomic E-state index is 11.3. The molecular formula is C23H29N7O3. The minimum Gasteiger partial charge on any atom is -0.465 e. The van der Waals surface area contributed by atoms with Crippen LogP contribution in [-0.2, 0) is 19.6 Å². The summed E-state index contributed by atoms with van der Waals surface area (Å²) in [5, 5.41) is 19.5. The number of anilines is 1. The first-order valence-corrected chi connectivity index (χ1v) is 11.4. The lowest BCUT2D eigenvalue weighted by molar-refractivity contribution is 0.142. The van der Waals surface area contributed by atoms with Gasteiger partial charge in [-0.15, -0.1) is 0 Å². The van der Waals surface area contributed by atoms with Gasteiger partial charge < -0.3 is 20.0 Å². The third kappa shape index (κ3) is 4.00. The molecule has 0 saturated carbocycles. The number of aliphatic hydroxyl groups excluding tert-OH is 1. The van der Waals surface area contributed by atoms with Gasteiger partial charge in [0.25, 0.3) is 0 Å². The number of piperazine rings is 1. The van der Waals surface area contributed by atoms with Crippen molar-refractivity contribution in [3.8, 4) is 0 Å². The third-order valence-corrected chi connectivity index (χ3v) is 6.77. The van der Waals surface area contributed by atoms with Crippen LogP contribution in [0, 0.1) is 0 Å². The first-order chi connectivity index (χ1) is 16.1. The van der Waals surface area contributed by atoms with Gasteiger partial charge in [-0.2, -0.15) is 0 Å². The number of pyridine rings is 1. The molecule has 174 valence electrons. The maximum absolute atomic E-state index is 11.3. The fourth-order valence-corrected chi connectivity index (χ4v) is 5.05. The smallest absolute Gasteiger partial charge is 0.407 e. The quantitative estimate of drug-likeness (QED) is 0.606.